The first-order chi connectivity index (χ1) is 11.8. The van der Waals surface area contributed by atoms with Gasteiger partial charge in [-0.1, -0.05) is 24.4 Å². The number of aliphatic imine (C=N–C) groups is 1. The molecular formula is C18H31ClIN5O. The highest BCUT2D eigenvalue weighted by Crippen LogP contribution is 2.38. The number of halogens is 2. The van der Waals surface area contributed by atoms with Gasteiger partial charge in [0.2, 0.25) is 5.91 Å². The van der Waals surface area contributed by atoms with Crippen LogP contribution < -0.4 is 5.32 Å². The van der Waals surface area contributed by atoms with Crippen LogP contribution in [-0.4, -0.2) is 61.0 Å². The van der Waals surface area contributed by atoms with Crippen LogP contribution in [-0.2, 0) is 18.4 Å². The number of rotatable bonds is 5. The van der Waals surface area contributed by atoms with E-state index in [-0.39, 0.29) is 35.3 Å². The molecule has 1 heterocycles. The van der Waals surface area contributed by atoms with Gasteiger partial charge in [0.05, 0.1) is 17.0 Å². The Morgan fingerprint density at radius 2 is 1.96 bits per heavy atom. The lowest BCUT2D eigenvalue weighted by Gasteiger charge is -2.32. The van der Waals surface area contributed by atoms with Crippen LogP contribution >= 0.6 is 35.6 Å². The number of aromatic nitrogens is 1. The number of carbonyl (C=O) groups excluding carboxylic acids is 1. The van der Waals surface area contributed by atoms with Crippen molar-refractivity contribution in [1.82, 2.24) is 19.7 Å². The first-order valence-corrected chi connectivity index (χ1v) is 9.11. The van der Waals surface area contributed by atoms with Crippen LogP contribution in [0.5, 0.6) is 0 Å². The third-order valence-corrected chi connectivity index (χ3v) is 5.26. The predicted molar refractivity (Wildman–Crippen MR) is 118 cm³/mol. The van der Waals surface area contributed by atoms with Crippen LogP contribution in [0.4, 0.5) is 0 Å². The Labute approximate surface area is 179 Å². The molecule has 1 aromatic heterocycles. The van der Waals surface area contributed by atoms with E-state index in [0.29, 0.717) is 13.1 Å². The molecule has 1 aliphatic rings. The van der Waals surface area contributed by atoms with E-state index in [9.17, 15) is 4.79 Å². The van der Waals surface area contributed by atoms with Crippen LogP contribution in [0.2, 0.25) is 5.02 Å². The van der Waals surface area contributed by atoms with E-state index in [1.54, 1.807) is 11.9 Å². The highest BCUT2D eigenvalue weighted by atomic mass is 127. The van der Waals surface area contributed by atoms with E-state index in [1.807, 2.05) is 45.0 Å². The molecule has 26 heavy (non-hydrogen) atoms. The lowest BCUT2D eigenvalue weighted by Crippen LogP contribution is -2.49. The zero-order chi connectivity index (χ0) is 18.6. The smallest absolute Gasteiger partial charge is 0.230 e. The van der Waals surface area contributed by atoms with Gasteiger partial charge in [-0.2, -0.15) is 0 Å². The summed E-state index contributed by atoms with van der Waals surface area (Å²) in [7, 11) is 9.41. The van der Waals surface area contributed by atoms with Crippen molar-refractivity contribution >= 4 is 47.4 Å². The fraction of sp³-hybridized carbons (Fsp3) is 0.667. The number of nitrogens with zero attached hydrogens (tertiary/aromatic N) is 4. The molecule has 2 rings (SSSR count). The van der Waals surface area contributed by atoms with E-state index in [4.69, 9.17) is 11.6 Å². The summed E-state index contributed by atoms with van der Waals surface area (Å²) in [5, 5.41) is 4.15. The Bertz CT molecular complexity index is 638. The Morgan fingerprint density at radius 3 is 2.42 bits per heavy atom. The van der Waals surface area contributed by atoms with Gasteiger partial charge in [-0.05, 0) is 18.9 Å². The number of guanidine groups is 1. The first kappa shape index (κ1) is 23.1. The molecule has 0 aliphatic heterocycles. The van der Waals surface area contributed by atoms with Crippen molar-refractivity contribution in [3.05, 3.63) is 23.0 Å². The van der Waals surface area contributed by atoms with E-state index in [0.717, 1.165) is 42.4 Å². The van der Waals surface area contributed by atoms with Crippen molar-refractivity contribution in [2.45, 2.75) is 32.2 Å². The molecule has 1 aliphatic carbocycles. The fourth-order valence-electron chi connectivity index (χ4n) is 3.67. The van der Waals surface area contributed by atoms with Crippen LogP contribution in [0.3, 0.4) is 0 Å². The van der Waals surface area contributed by atoms with Crippen LogP contribution in [0.25, 0.3) is 0 Å². The molecule has 1 N–H and O–H groups in total. The van der Waals surface area contributed by atoms with Gasteiger partial charge in [-0.15, -0.1) is 24.0 Å². The maximum Gasteiger partial charge on any atom is 0.230 e. The topological polar surface area (TPSA) is 52.9 Å². The standard InChI is InChI=1S/C18H30ClN5O.HI/c1-20-17(24(5)12-15-10-14(19)11-23(15)4)21-13-18(8-6-7-9-18)16(25)22(2)3;/h10-11H,6-9,12-13H2,1-5H3,(H,20,21);1H. The van der Waals surface area contributed by atoms with Crippen molar-refractivity contribution in [2.24, 2.45) is 17.5 Å². The molecule has 0 aromatic carbocycles. The first-order valence-electron chi connectivity index (χ1n) is 8.73. The second-order valence-corrected chi connectivity index (χ2v) is 7.64. The number of amides is 1. The monoisotopic (exact) mass is 495 g/mol. The average Bonchev–Trinajstić information content (AvgIpc) is 3.15. The van der Waals surface area contributed by atoms with Crippen LogP contribution in [0, 0.1) is 5.41 Å². The number of hydrogen-bond donors (Lipinski definition) is 1. The van der Waals surface area contributed by atoms with Crippen molar-refractivity contribution in [1.29, 1.82) is 0 Å². The van der Waals surface area contributed by atoms with Gasteiger partial charge < -0.3 is 19.7 Å². The molecule has 0 unspecified atom stereocenters. The second-order valence-electron chi connectivity index (χ2n) is 7.20. The number of aryl methyl sites for hydroxylation is 1. The minimum atomic E-state index is -0.311. The molecule has 0 saturated heterocycles. The highest BCUT2D eigenvalue weighted by molar-refractivity contribution is 14.0. The van der Waals surface area contributed by atoms with Gasteiger partial charge in [0.1, 0.15) is 0 Å². The Balaban J connectivity index is 0.00000338. The normalized spacial score (nSPS) is 16.2. The van der Waals surface area contributed by atoms with Gasteiger partial charge in [0.25, 0.3) is 0 Å². The molecule has 6 nitrogen and oxygen atoms in total. The van der Waals surface area contributed by atoms with Gasteiger partial charge >= 0.3 is 0 Å². The van der Waals surface area contributed by atoms with E-state index in [2.05, 4.69) is 15.2 Å². The van der Waals surface area contributed by atoms with Crippen LogP contribution in [0.15, 0.2) is 17.3 Å². The summed E-state index contributed by atoms with van der Waals surface area (Å²) in [6, 6.07) is 1.96. The SMILES string of the molecule is CN=C(NCC1(C(=O)N(C)C)CCCC1)N(C)Cc1cc(Cl)cn1C.I. The lowest BCUT2D eigenvalue weighted by molar-refractivity contribution is -0.138. The Morgan fingerprint density at radius 1 is 1.35 bits per heavy atom. The Kier molecular flexibility index (Phi) is 8.72. The van der Waals surface area contributed by atoms with Gasteiger partial charge in [-0.3, -0.25) is 9.79 Å². The fourth-order valence-corrected chi connectivity index (χ4v) is 3.94. The molecule has 0 spiro atoms. The number of nitrogens with one attached hydrogen (secondary N) is 1. The molecule has 1 aromatic rings. The van der Waals surface area contributed by atoms with E-state index in [1.165, 1.54) is 0 Å². The average molecular weight is 496 g/mol. The summed E-state index contributed by atoms with van der Waals surface area (Å²) >= 11 is 6.07. The molecule has 0 radical (unpaired) electrons. The summed E-state index contributed by atoms with van der Waals surface area (Å²) in [6.45, 7) is 1.31. The summed E-state index contributed by atoms with van der Waals surface area (Å²) in [4.78, 5) is 20.8. The van der Waals surface area contributed by atoms with Crippen molar-refractivity contribution in [3.63, 3.8) is 0 Å². The molecular weight excluding hydrogens is 465 g/mol. The van der Waals surface area contributed by atoms with Gasteiger partial charge in [-0.25, -0.2) is 0 Å². The third kappa shape index (κ3) is 5.28. The zero-order valence-corrected chi connectivity index (χ0v) is 19.5. The molecule has 1 saturated carbocycles. The minimum Gasteiger partial charge on any atom is -0.355 e. The minimum absolute atomic E-state index is 0. The van der Waals surface area contributed by atoms with E-state index >= 15 is 0 Å². The maximum atomic E-state index is 12.7. The zero-order valence-electron chi connectivity index (χ0n) is 16.4. The lowest BCUT2D eigenvalue weighted by atomic mass is 9.84. The van der Waals surface area contributed by atoms with Crippen molar-refractivity contribution in [3.8, 4) is 0 Å². The largest absolute Gasteiger partial charge is 0.355 e. The highest BCUT2D eigenvalue weighted by Gasteiger charge is 2.42. The summed E-state index contributed by atoms with van der Waals surface area (Å²) in [5.74, 6) is 1.000. The number of hydrogen-bond acceptors (Lipinski definition) is 2. The van der Waals surface area contributed by atoms with Gasteiger partial charge in [0, 0.05) is 53.7 Å². The van der Waals surface area contributed by atoms with Gasteiger partial charge in [0.15, 0.2) is 5.96 Å². The van der Waals surface area contributed by atoms with E-state index < -0.39 is 0 Å². The quantitative estimate of drug-likeness (QED) is 0.388. The Hall–Kier alpha value is -0.960. The molecule has 0 bridgehead atoms. The molecule has 8 heteroatoms. The second kappa shape index (κ2) is 9.82. The predicted octanol–water partition coefficient (Wildman–Crippen LogP) is 2.95. The summed E-state index contributed by atoms with van der Waals surface area (Å²) in [5.41, 5.74) is 0.796. The summed E-state index contributed by atoms with van der Waals surface area (Å²) in [6.07, 6.45) is 5.98. The molecule has 1 fully saturated rings. The van der Waals surface area contributed by atoms with Crippen LogP contribution in [0.1, 0.15) is 31.4 Å². The molecule has 0 atom stereocenters. The maximum absolute atomic E-state index is 12.7. The molecule has 148 valence electrons. The third-order valence-electron chi connectivity index (χ3n) is 5.05. The summed E-state index contributed by atoms with van der Waals surface area (Å²) < 4.78 is 2.01. The van der Waals surface area contributed by atoms with Crippen molar-refractivity contribution < 1.29 is 4.79 Å². The molecule has 1 amide bonds. The van der Waals surface area contributed by atoms with Crippen molar-refractivity contribution in [2.75, 3.05) is 34.7 Å². The number of carbonyl (C=O) groups is 1.